The van der Waals surface area contributed by atoms with E-state index in [0.29, 0.717) is 20.6 Å². The van der Waals surface area contributed by atoms with Crippen molar-refractivity contribution in [1.82, 2.24) is 5.32 Å². The number of carbonyl (C=O) groups is 3. The quantitative estimate of drug-likeness (QED) is 0.371. The molecule has 13 heteroatoms. The highest BCUT2D eigenvalue weighted by atomic mass is 35.5. The van der Waals surface area contributed by atoms with Crippen LogP contribution >= 0.6 is 22.9 Å². The van der Waals surface area contributed by atoms with Crippen LogP contribution in [0.3, 0.4) is 0 Å². The van der Waals surface area contributed by atoms with Crippen molar-refractivity contribution in [2.45, 2.75) is 6.10 Å². The van der Waals surface area contributed by atoms with Gasteiger partial charge in [-0.3, -0.25) is 14.5 Å². The van der Waals surface area contributed by atoms with E-state index in [2.05, 4.69) is 10.6 Å². The van der Waals surface area contributed by atoms with Gasteiger partial charge in [-0.15, -0.1) is 11.3 Å². The lowest BCUT2D eigenvalue weighted by molar-refractivity contribution is -0.118. The molecule has 0 unspecified atom stereocenters. The van der Waals surface area contributed by atoms with Gasteiger partial charge in [-0.05, 0) is 24.3 Å². The predicted molar refractivity (Wildman–Crippen MR) is 124 cm³/mol. The van der Waals surface area contributed by atoms with Gasteiger partial charge < -0.3 is 30.0 Å². The van der Waals surface area contributed by atoms with Crippen LogP contribution in [0, 0.1) is 0 Å². The summed E-state index contributed by atoms with van der Waals surface area (Å²) in [7, 11) is 0. The molecule has 1 aliphatic heterocycles. The van der Waals surface area contributed by atoms with Crippen LogP contribution in [0.4, 0.5) is 20.6 Å². The molecule has 1 fully saturated rings. The zero-order valence-corrected chi connectivity index (χ0v) is 19.5. The van der Waals surface area contributed by atoms with Gasteiger partial charge in [-0.1, -0.05) is 11.6 Å². The third-order valence-electron chi connectivity index (χ3n) is 4.55. The fourth-order valence-electron chi connectivity index (χ4n) is 3.05. The molecule has 0 bridgehead atoms. The maximum atomic E-state index is 12.5. The molecule has 3 amide bonds. The molecule has 184 valence electrons. The molecule has 1 aliphatic rings. The number of aliphatic hydroxyl groups is 1. The molecular formula is C21H23ClFN3O7S. The summed E-state index contributed by atoms with van der Waals surface area (Å²) in [4.78, 5) is 38.0. The first-order valence-electron chi connectivity index (χ1n) is 10.2. The Kier molecular flexibility index (Phi) is 9.45. The monoisotopic (exact) mass is 515 g/mol. The van der Waals surface area contributed by atoms with Gasteiger partial charge in [0.05, 0.1) is 41.2 Å². The number of thiophene rings is 1. The van der Waals surface area contributed by atoms with Crippen molar-refractivity contribution < 1.29 is 38.1 Å². The van der Waals surface area contributed by atoms with E-state index in [0.717, 1.165) is 11.3 Å². The van der Waals surface area contributed by atoms with Crippen LogP contribution in [0.15, 0.2) is 30.3 Å². The number of benzene rings is 1. The lowest BCUT2D eigenvalue weighted by Gasteiger charge is -2.19. The van der Waals surface area contributed by atoms with Crippen LogP contribution in [0.1, 0.15) is 9.67 Å². The Morgan fingerprint density at radius 2 is 2.09 bits per heavy atom. The fraction of sp³-hybridized carbons (Fsp3) is 0.381. The molecule has 3 N–H and O–H groups in total. The zero-order chi connectivity index (χ0) is 24.5. The molecule has 3 rings (SSSR count). The number of nitrogens with one attached hydrogen (secondary N) is 2. The van der Waals surface area contributed by atoms with Gasteiger partial charge in [0.2, 0.25) is 5.91 Å². The van der Waals surface area contributed by atoms with E-state index >= 15 is 0 Å². The number of cyclic esters (lactones) is 1. The highest BCUT2D eigenvalue weighted by molar-refractivity contribution is 7.18. The van der Waals surface area contributed by atoms with Crippen molar-refractivity contribution in [3.63, 3.8) is 0 Å². The number of ether oxygens (including phenoxy) is 3. The normalized spacial score (nSPS) is 15.2. The predicted octanol–water partition coefficient (Wildman–Crippen LogP) is 2.45. The minimum Gasteiger partial charge on any atom is -0.489 e. The number of aliphatic hydroxyl groups excluding tert-OH is 1. The second-order valence-electron chi connectivity index (χ2n) is 6.97. The van der Waals surface area contributed by atoms with Crippen LogP contribution in [0.25, 0.3) is 0 Å². The van der Waals surface area contributed by atoms with Crippen molar-refractivity contribution in [3.05, 3.63) is 39.5 Å². The molecule has 2 aromatic rings. The van der Waals surface area contributed by atoms with E-state index in [9.17, 15) is 18.8 Å². The Hall–Kier alpha value is -2.93. The summed E-state index contributed by atoms with van der Waals surface area (Å²) < 4.78 is 28.8. The second kappa shape index (κ2) is 12.5. The third kappa shape index (κ3) is 7.03. The fourth-order valence-corrected chi connectivity index (χ4v) is 4.01. The summed E-state index contributed by atoms with van der Waals surface area (Å²) in [5, 5.41) is 14.2. The van der Waals surface area contributed by atoms with E-state index < -0.39 is 31.4 Å². The van der Waals surface area contributed by atoms with Gasteiger partial charge in [0.25, 0.3) is 5.91 Å². The molecule has 1 aromatic heterocycles. The first-order valence-corrected chi connectivity index (χ1v) is 11.4. The molecule has 0 spiro atoms. The average molecular weight is 516 g/mol. The number of nitrogens with zero attached hydrogens (tertiary/aromatic N) is 1. The number of amides is 3. The number of halogens is 2. The third-order valence-corrected chi connectivity index (χ3v) is 5.78. The molecule has 1 saturated heterocycles. The Bertz CT molecular complexity index is 1020. The summed E-state index contributed by atoms with van der Waals surface area (Å²) in [5.41, 5.74) is 0.713. The lowest BCUT2D eigenvalue weighted by Crippen LogP contribution is -2.34. The van der Waals surface area contributed by atoms with Gasteiger partial charge in [0.15, 0.2) is 0 Å². The van der Waals surface area contributed by atoms with E-state index in [4.69, 9.17) is 30.9 Å². The molecule has 1 atom stereocenters. The maximum absolute atomic E-state index is 12.5. The molecule has 0 radical (unpaired) electrons. The SMILES string of the molecule is O=C(CO)Nc1ccc(N2C[C@H](CNC(=O)c3ccc(Cl)s3)OC2=O)c(OCCOCCF)c1. The molecule has 1 aromatic carbocycles. The number of alkyl halides is 1. The topological polar surface area (TPSA) is 126 Å². The molecule has 0 saturated carbocycles. The van der Waals surface area contributed by atoms with Crippen molar-refractivity contribution in [2.75, 3.05) is 56.4 Å². The van der Waals surface area contributed by atoms with Crippen LogP contribution < -0.4 is 20.3 Å². The zero-order valence-electron chi connectivity index (χ0n) is 17.9. The summed E-state index contributed by atoms with van der Waals surface area (Å²) in [5.74, 6) is -0.699. The van der Waals surface area contributed by atoms with Crippen molar-refractivity contribution >= 4 is 52.2 Å². The highest BCUT2D eigenvalue weighted by Crippen LogP contribution is 2.34. The Morgan fingerprint density at radius 1 is 1.26 bits per heavy atom. The largest absolute Gasteiger partial charge is 0.489 e. The summed E-state index contributed by atoms with van der Waals surface area (Å²) in [6, 6.07) is 7.81. The summed E-state index contributed by atoms with van der Waals surface area (Å²) >= 11 is 6.99. The van der Waals surface area contributed by atoms with Crippen LogP contribution in [-0.2, 0) is 14.3 Å². The summed E-state index contributed by atoms with van der Waals surface area (Å²) in [6.07, 6.45) is -1.24. The first-order chi connectivity index (χ1) is 16.4. The lowest BCUT2D eigenvalue weighted by atomic mass is 10.2. The average Bonchev–Trinajstić information content (AvgIpc) is 3.42. The Balaban J connectivity index is 1.67. The molecule has 34 heavy (non-hydrogen) atoms. The number of anilines is 2. The number of hydrogen-bond donors (Lipinski definition) is 3. The molecular weight excluding hydrogens is 493 g/mol. The number of carbonyl (C=O) groups excluding carboxylic acids is 3. The van der Waals surface area contributed by atoms with E-state index in [-0.39, 0.29) is 44.6 Å². The van der Waals surface area contributed by atoms with Gasteiger partial charge in [-0.2, -0.15) is 0 Å². The standard InChI is InChI=1S/C21H23ClFN3O7S/c22-18-4-3-17(34-18)20(29)24-10-14-11-26(21(30)33-14)15-2-1-13(25-19(28)12-27)9-16(15)32-8-7-31-6-5-23/h1-4,9,14,27H,5-8,10-12H2,(H,24,29)(H,25,28)/t14-/m0/s1. The highest BCUT2D eigenvalue weighted by Gasteiger charge is 2.34. The second-order valence-corrected chi connectivity index (χ2v) is 8.68. The minimum atomic E-state index is -0.696. The summed E-state index contributed by atoms with van der Waals surface area (Å²) in [6.45, 7) is -0.968. The Labute approximate surface area is 203 Å². The van der Waals surface area contributed by atoms with E-state index in [1.54, 1.807) is 18.2 Å². The van der Waals surface area contributed by atoms with E-state index in [1.165, 1.54) is 17.0 Å². The molecule has 2 heterocycles. The first kappa shape index (κ1) is 25.7. The smallest absolute Gasteiger partial charge is 0.414 e. The van der Waals surface area contributed by atoms with Crippen LogP contribution in [0.5, 0.6) is 5.75 Å². The van der Waals surface area contributed by atoms with Crippen molar-refractivity contribution in [3.8, 4) is 5.75 Å². The van der Waals surface area contributed by atoms with Crippen LogP contribution in [-0.4, -0.2) is 75.3 Å². The number of hydrogen-bond acceptors (Lipinski definition) is 8. The van der Waals surface area contributed by atoms with Gasteiger partial charge in [0, 0.05) is 11.8 Å². The minimum absolute atomic E-state index is 0.0632. The van der Waals surface area contributed by atoms with E-state index in [1.807, 2.05) is 0 Å². The Morgan fingerprint density at radius 3 is 2.79 bits per heavy atom. The molecule has 0 aliphatic carbocycles. The van der Waals surface area contributed by atoms with Crippen molar-refractivity contribution in [2.24, 2.45) is 0 Å². The van der Waals surface area contributed by atoms with Crippen LogP contribution in [0.2, 0.25) is 4.34 Å². The van der Waals surface area contributed by atoms with Gasteiger partial charge in [-0.25, -0.2) is 9.18 Å². The maximum Gasteiger partial charge on any atom is 0.414 e. The molecule has 10 nitrogen and oxygen atoms in total. The van der Waals surface area contributed by atoms with Crippen molar-refractivity contribution in [1.29, 1.82) is 0 Å². The number of rotatable bonds is 12. The van der Waals surface area contributed by atoms with Gasteiger partial charge >= 0.3 is 6.09 Å². The van der Waals surface area contributed by atoms with Gasteiger partial charge in [0.1, 0.15) is 31.7 Å².